The summed E-state index contributed by atoms with van der Waals surface area (Å²) in [4.78, 5) is 0. The first-order chi connectivity index (χ1) is 6.24. The Morgan fingerprint density at radius 2 is 2.15 bits per heavy atom. The lowest BCUT2D eigenvalue weighted by molar-refractivity contribution is 0.163. The predicted molar refractivity (Wildman–Crippen MR) is 56.8 cm³/mol. The van der Waals surface area contributed by atoms with Crippen molar-refractivity contribution in [3.8, 4) is 0 Å². The summed E-state index contributed by atoms with van der Waals surface area (Å²) in [6, 6.07) is 0. The maximum Gasteiger partial charge on any atom is 0.0497 e. The van der Waals surface area contributed by atoms with E-state index in [1.165, 1.54) is 25.7 Å². The molecule has 0 radical (unpaired) electrons. The molecule has 1 aliphatic heterocycles. The molecule has 1 heterocycles. The fraction of sp³-hybridized carbons (Fsp3) is 1.00. The normalized spacial score (nSPS) is 25.4. The van der Waals surface area contributed by atoms with E-state index in [4.69, 9.17) is 4.74 Å². The largest absolute Gasteiger partial charge is 0.381 e. The lowest BCUT2D eigenvalue weighted by Gasteiger charge is -2.23. The maximum atomic E-state index is 5.47. The Balaban J connectivity index is 2.35. The summed E-state index contributed by atoms with van der Waals surface area (Å²) in [5.41, 5.74) is 0. The van der Waals surface area contributed by atoms with E-state index in [-0.39, 0.29) is 0 Å². The van der Waals surface area contributed by atoms with Crippen LogP contribution in [0.5, 0.6) is 0 Å². The molecule has 0 aromatic carbocycles. The van der Waals surface area contributed by atoms with Crippen molar-refractivity contribution in [2.24, 2.45) is 17.8 Å². The molecule has 0 aromatic heterocycles. The molecule has 1 aliphatic rings. The molecule has 2 atom stereocenters. The van der Waals surface area contributed by atoms with Crippen LogP contribution in [0.15, 0.2) is 0 Å². The van der Waals surface area contributed by atoms with E-state index in [1.807, 2.05) is 0 Å². The van der Waals surface area contributed by atoms with Gasteiger partial charge in [0, 0.05) is 13.2 Å². The van der Waals surface area contributed by atoms with Gasteiger partial charge in [0.25, 0.3) is 0 Å². The average molecular weight is 184 g/mol. The van der Waals surface area contributed by atoms with Crippen molar-refractivity contribution >= 4 is 0 Å². The molecule has 0 saturated carbocycles. The maximum absolute atomic E-state index is 5.47. The van der Waals surface area contributed by atoms with Crippen LogP contribution in [0.3, 0.4) is 0 Å². The number of rotatable bonds is 5. The standard InChI is InChI=1S/C12H24O/c1-4-5-11(8-10(2)3)12-6-7-13-9-12/h10-12H,4-9H2,1-3H3. The molecule has 1 rings (SSSR count). The third-order valence-corrected chi connectivity index (χ3v) is 3.07. The smallest absolute Gasteiger partial charge is 0.0497 e. The molecular formula is C12H24O. The summed E-state index contributed by atoms with van der Waals surface area (Å²) >= 11 is 0. The summed E-state index contributed by atoms with van der Waals surface area (Å²) in [7, 11) is 0. The van der Waals surface area contributed by atoms with Crippen LogP contribution in [0.2, 0.25) is 0 Å². The first-order valence-corrected chi connectivity index (χ1v) is 5.81. The van der Waals surface area contributed by atoms with Gasteiger partial charge in [0.05, 0.1) is 0 Å². The molecule has 13 heavy (non-hydrogen) atoms. The van der Waals surface area contributed by atoms with Crippen molar-refractivity contribution in [1.29, 1.82) is 0 Å². The van der Waals surface area contributed by atoms with E-state index in [1.54, 1.807) is 0 Å². The van der Waals surface area contributed by atoms with Gasteiger partial charge in [-0.25, -0.2) is 0 Å². The van der Waals surface area contributed by atoms with Crippen LogP contribution in [0, 0.1) is 17.8 Å². The van der Waals surface area contributed by atoms with Crippen molar-refractivity contribution in [2.45, 2.75) is 46.5 Å². The molecule has 2 unspecified atom stereocenters. The monoisotopic (exact) mass is 184 g/mol. The number of hydrogen-bond donors (Lipinski definition) is 0. The molecule has 1 nitrogen and oxygen atoms in total. The zero-order chi connectivity index (χ0) is 9.68. The molecule has 0 aliphatic carbocycles. The summed E-state index contributed by atoms with van der Waals surface area (Å²) in [5.74, 6) is 2.63. The van der Waals surface area contributed by atoms with Crippen LogP contribution in [0.1, 0.15) is 46.5 Å². The van der Waals surface area contributed by atoms with E-state index in [9.17, 15) is 0 Å². The van der Waals surface area contributed by atoms with E-state index in [2.05, 4.69) is 20.8 Å². The highest BCUT2D eigenvalue weighted by Crippen LogP contribution is 2.30. The van der Waals surface area contributed by atoms with Crippen LogP contribution >= 0.6 is 0 Å². The van der Waals surface area contributed by atoms with E-state index >= 15 is 0 Å². The highest BCUT2D eigenvalue weighted by atomic mass is 16.5. The van der Waals surface area contributed by atoms with Crippen molar-refractivity contribution in [3.05, 3.63) is 0 Å². The van der Waals surface area contributed by atoms with Gasteiger partial charge >= 0.3 is 0 Å². The Bertz CT molecular complexity index is 125. The number of ether oxygens (including phenoxy) is 1. The molecule has 1 fully saturated rings. The van der Waals surface area contributed by atoms with Crippen LogP contribution in [-0.2, 0) is 4.74 Å². The van der Waals surface area contributed by atoms with Gasteiger partial charge in [0.2, 0.25) is 0 Å². The Hall–Kier alpha value is -0.0400. The van der Waals surface area contributed by atoms with Gasteiger partial charge < -0.3 is 4.74 Å². The van der Waals surface area contributed by atoms with Gasteiger partial charge in [0.1, 0.15) is 0 Å². The molecule has 1 saturated heterocycles. The van der Waals surface area contributed by atoms with Crippen LogP contribution in [-0.4, -0.2) is 13.2 Å². The minimum atomic E-state index is 0.845. The molecular weight excluding hydrogens is 160 g/mol. The van der Waals surface area contributed by atoms with Crippen molar-refractivity contribution < 1.29 is 4.74 Å². The molecule has 0 N–H and O–H groups in total. The van der Waals surface area contributed by atoms with Crippen molar-refractivity contribution in [2.75, 3.05) is 13.2 Å². The second-order valence-corrected chi connectivity index (χ2v) is 4.80. The topological polar surface area (TPSA) is 9.23 Å². The van der Waals surface area contributed by atoms with Crippen LogP contribution in [0.25, 0.3) is 0 Å². The second-order valence-electron chi connectivity index (χ2n) is 4.80. The van der Waals surface area contributed by atoms with Gasteiger partial charge in [-0.15, -0.1) is 0 Å². The van der Waals surface area contributed by atoms with Crippen molar-refractivity contribution in [3.63, 3.8) is 0 Å². The first-order valence-electron chi connectivity index (χ1n) is 5.81. The highest BCUT2D eigenvalue weighted by Gasteiger charge is 2.25. The molecule has 78 valence electrons. The molecule has 0 amide bonds. The quantitative estimate of drug-likeness (QED) is 0.635. The minimum absolute atomic E-state index is 0.845. The van der Waals surface area contributed by atoms with Gasteiger partial charge in [0.15, 0.2) is 0 Å². The third kappa shape index (κ3) is 3.68. The number of hydrogen-bond acceptors (Lipinski definition) is 1. The highest BCUT2D eigenvalue weighted by molar-refractivity contribution is 4.74. The minimum Gasteiger partial charge on any atom is -0.381 e. The third-order valence-electron chi connectivity index (χ3n) is 3.07. The lowest BCUT2D eigenvalue weighted by atomic mass is 9.82. The first kappa shape index (κ1) is 11.0. The van der Waals surface area contributed by atoms with Crippen LogP contribution < -0.4 is 0 Å². The zero-order valence-electron chi connectivity index (χ0n) is 9.38. The van der Waals surface area contributed by atoms with E-state index < -0.39 is 0 Å². The average Bonchev–Trinajstić information content (AvgIpc) is 2.54. The Morgan fingerprint density at radius 3 is 2.62 bits per heavy atom. The van der Waals surface area contributed by atoms with Gasteiger partial charge in [-0.2, -0.15) is 0 Å². The second kappa shape index (κ2) is 5.64. The Morgan fingerprint density at radius 1 is 1.38 bits per heavy atom. The molecule has 1 heteroatoms. The zero-order valence-corrected chi connectivity index (χ0v) is 9.38. The van der Waals surface area contributed by atoms with Gasteiger partial charge in [-0.05, 0) is 30.6 Å². The fourth-order valence-corrected chi connectivity index (χ4v) is 2.45. The molecule has 0 bridgehead atoms. The SMILES string of the molecule is CCCC(CC(C)C)C1CCOC1. The molecule has 0 aromatic rings. The van der Waals surface area contributed by atoms with Crippen LogP contribution in [0.4, 0.5) is 0 Å². The van der Waals surface area contributed by atoms with E-state index in [0.29, 0.717) is 0 Å². The lowest BCUT2D eigenvalue weighted by Crippen LogP contribution is -2.17. The summed E-state index contributed by atoms with van der Waals surface area (Å²) in [6.45, 7) is 8.99. The van der Waals surface area contributed by atoms with Crippen molar-refractivity contribution in [1.82, 2.24) is 0 Å². The van der Waals surface area contributed by atoms with E-state index in [0.717, 1.165) is 31.0 Å². The van der Waals surface area contributed by atoms with Gasteiger partial charge in [-0.1, -0.05) is 33.6 Å². The predicted octanol–water partition coefficient (Wildman–Crippen LogP) is 3.49. The Labute approximate surface area is 82.9 Å². The Kier molecular flexibility index (Phi) is 4.79. The summed E-state index contributed by atoms with van der Waals surface area (Å²) < 4.78 is 5.47. The fourth-order valence-electron chi connectivity index (χ4n) is 2.45. The summed E-state index contributed by atoms with van der Waals surface area (Å²) in [6.07, 6.45) is 5.42. The van der Waals surface area contributed by atoms with Gasteiger partial charge in [-0.3, -0.25) is 0 Å². The summed E-state index contributed by atoms with van der Waals surface area (Å²) in [5, 5.41) is 0. The molecule has 0 spiro atoms.